The van der Waals surface area contributed by atoms with Crippen molar-refractivity contribution in [3.8, 4) is 11.5 Å². The Morgan fingerprint density at radius 1 is 1.30 bits per heavy atom. The zero-order chi connectivity index (χ0) is 16.8. The number of hydrogen-bond acceptors (Lipinski definition) is 4. The zero-order valence-electron chi connectivity index (χ0n) is 14.5. The van der Waals surface area contributed by atoms with Gasteiger partial charge in [-0.15, -0.1) is 0 Å². The lowest BCUT2D eigenvalue weighted by molar-refractivity contribution is 0.191. The highest BCUT2D eigenvalue weighted by Gasteiger charge is 2.26. The van der Waals surface area contributed by atoms with Gasteiger partial charge >= 0.3 is 6.03 Å². The molecule has 128 valence electrons. The summed E-state index contributed by atoms with van der Waals surface area (Å²) in [5.41, 5.74) is 1.07. The van der Waals surface area contributed by atoms with Gasteiger partial charge in [0, 0.05) is 32.2 Å². The van der Waals surface area contributed by atoms with E-state index < -0.39 is 0 Å². The van der Waals surface area contributed by atoms with E-state index >= 15 is 0 Å². The Morgan fingerprint density at radius 3 is 2.48 bits per heavy atom. The van der Waals surface area contributed by atoms with Crippen molar-refractivity contribution in [3.63, 3.8) is 0 Å². The van der Waals surface area contributed by atoms with Gasteiger partial charge in [-0.1, -0.05) is 0 Å². The number of rotatable bonds is 6. The third-order valence-corrected chi connectivity index (χ3v) is 4.34. The first-order valence-electron chi connectivity index (χ1n) is 7.94. The first-order valence-corrected chi connectivity index (χ1v) is 7.94. The molecule has 6 heteroatoms. The van der Waals surface area contributed by atoms with Crippen LogP contribution in [0.4, 0.5) is 4.79 Å². The summed E-state index contributed by atoms with van der Waals surface area (Å²) in [4.78, 5) is 16.3. The second-order valence-electron chi connectivity index (χ2n) is 6.02. The first kappa shape index (κ1) is 17.4. The highest BCUT2D eigenvalue weighted by molar-refractivity contribution is 5.74. The van der Waals surface area contributed by atoms with E-state index in [1.807, 2.05) is 30.1 Å². The highest BCUT2D eigenvalue weighted by Crippen LogP contribution is 2.22. The van der Waals surface area contributed by atoms with Crippen LogP contribution in [0.1, 0.15) is 12.0 Å². The number of benzene rings is 1. The van der Waals surface area contributed by atoms with Crippen LogP contribution in [0.25, 0.3) is 0 Å². The van der Waals surface area contributed by atoms with E-state index in [-0.39, 0.29) is 6.03 Å². The van der Waals surface area contributed by atoms with E-state index in [9.17, 15) is 4.79 Å². The lowest BCUT2D eigenvalue weighted by Gasteiger charge is -2.24. The second-order valence-corrected chi connectivity index (χ2v) is 6.02. The fraction of sp³-hybridized carbons (Fsp3) is 0.588. The average molecular weight is 321 g/mol. The van der Waals surface area contributed by atoms with E-state index in [2.05, 4.69) is 17.3 Å². The number of likely N-dealkylation sites (N-methyl/N-ethyl adjacent to an activating group) is 2. The molecule has 0 radical (unpaired) electrons. The van der Waals surface area contributed by atoms with E-state index in [1.165, 1.54) is 0 Å². The summed E-state index contributed by atoms with van der Waals surface area (Å²) in [5, 5.41) is 2.98. The summed E-state index contributed by atoms with van der Waals surface area (Å²) in [7, 11) is 7.22. The first-order chi connectivity index (χ1) is 11.0. The van der Waals surface area contributed by atoms with Crippen LogP contribution < -0.4 is 14.8 Å². The molecule has 6 nitrogen and oxygen atoms in total. The van der Waals surface area contributed by atoms with Crippen molar-refractivity contribution in [2.45, 2.75) is 18.9 Å². The molecule has 0 spiro atoms. The number of ether oxygens (including phenoxy) is 2. The minimum Gasteiger partial charge on any atom is -0.497 e. The fourth-order valence-electron chi connectivity index (χ4n) is 2.84. The molecule has 1 aromatic carbocycles. The predicted octanol–water partition coefficient (Wildman–Crippen LogP) is 1.59. The maximum Gasteiger partial charge on any atom is 0.317 e. The Balaban J connectivity index is 1.83. The van der Waals surface area contributed by atoms with Crippen molar-refractivity contribution in [2.24, 2.45) is 0 Å². The van der Waals surface area contributed by atoms with Gasteiger partial charge in [-0.3, -0.25) is 0 Å². The van der Waals surface area contributed by atoms with Crippen LogP contribution in [0.15, 0.2) is 18.2 Å². The summed E-state index contributed by atoms with van der Waals surface area (Å²) >= 11 is 0. The molecule has 1 N–H and O–H groups in total. The maximum absolute atomic E-state index is 12.2. The van der Waals surface area contributed by atoms with Gasteiger partial charge in [-0.05, 0) is 44.1 Å². The maximum atomic E-state index is 12.2. The minimum absolute atomic E-state index is 0.0137. The van der Waals surface area contributed by atoms with Gasteiger partial charge in [-0.2, -0.15) is 0 Å². The van der Waals surface area contributed by atoms with Gasteiger partial charge in [0.15, 0.2) is 0 Å². The van der Waals surface area contributed by atoms with Crippen LogP contribution in [0.3, 0.4) is 0 Å². The van der Waals surface area contributed by atoms with Crippen LogP contribution in [0.5, 0.6) is 11.5 Å². The van der Waals surface area contributed by atoms with Crippen LogP contribution in [-0.2, 0) is 6.42 Å². The van der Waals surface area contributed by atoms with Crippen molar-refractivity contribution in [1.82, 2.24) is 15.1 Å². The minimum atomic E-state index is -0.0137. The highest BCUT2D eigenvalue weighted by atomic mass is 16.5. The Hall–Kier alpha value is -1.95. The Morgan fingerprint density at radius 2 is 1.96 bits per heavy atom. The molecular weight excluding hydrogens is 294 g/mol. The molecule has 2 amide bonds. The Labute approximate surface area is 138 Å². The van der Waals surface area contributed by atoms with Crippen LogP contribution in [-0.4, -0.2) is 69.8 Å². The number of nitrogens with zero attached hydrogens (tertiary/aromatic N) is 2. The molecule has 0 bridgehead atoms. The lowest BCUT2D eigenvalue weighted by Crippen LogP contribution is -2.45. The van der Waals surface area contributed by atoms with Gasteiger partial charge in [0.25, 0.3) is 0 Å². The standard InChI is InChI=1S/C17H27N3O3/c1-19-8-6-14(12-19)20(2)17(21)18-7-5-13-9-15(22-3)11-16(10-13)23-4/h9-11,14H,5-8,12H2,1-4H3,(H,18,21)/t14-/m0/s1. The predicted molar refractivity (Wildman–Crippen MR) is 90.3 cm³/mol. The molecule has 1 aliphatic rings. The molecule has 1 aliphatic heterocycles. The third-order valence-electron chi connectivity index (χ3n) is 4.34. The number of likely N-dealkylation sites (tertiary alicyclic amines) is 1. The van der Waals surface area contributed by atoms with Crippen LogP contribution in [0.2, 0.25) is 0 Å². The summed E-state index contributed by atoms with van der Waals surface area (Å²) in [6, 6.07) is 6.05. The summed E-state index contributed by atoms with van der Waals surface area (Å²) in [5.74, 6) is 1.52. The average Bonchev–Trinajstić information content (AvgIpc) is 3.00. The molecule has 23 heavy (non-hydrogen) atoms. The Bertz CT molecular complexity index is 514. The number of amides is 2. The topological polar surface area (TPSA) is 54.0 Å². The smallest absolute Gasteiger partial charge is 0.317 e. The normalized spacial score (nSPS) is 17.8. The van der Waals surface area contributed by atoms with Crippen molar-refractivity contribution in [3.05, 3.63) is 23.8 Å². The summed E-state index contributed by atoms with van der Waals surface area (Å²) < 4.78 is 10.5. The molecule has 0 aliphatic carbocycles. The summed E-state index contributed by atoms with van der Waals surface area (Å²) in [6.45, 7) is 2.57. The molecule has 1 fully saturated rings. The second kappa shape index (κ2) is 8.06. The van der Waals surface area contributed by atoms with Crippen molar-refractivity contribution < 1.29 is 14.3 Å². The molecule has 1 heterocycles. The van der Waals surface area contributed by atoms with Gasteiger partial charge in [0.2, 0.25) is 0 Å². The van der Waals surface area contributed by atoms with Crippen LogP contribution in [0, 0.1) is 0 Å². The number of nitrogens with one attached hydrogen (secondary N) is 1. The lowest BCUT2D eigenvalue weighted by atomic mass is 10.1. The van der Waals surface area contributed by atoms with E-state index in [0.717, 1.165) is 43.0 Å². The van der Waals surface area contributed by atoms with Crippen molar-refractivity contribution in [2.75, 3.05) is 47.9 Å². The van der Waals surface area contributed by atoms with E-state index in [0.29, 0.717) is 12.6 Å². The van der Waals surface area contributed by atoms with E-state index in [1.54, 1.807) is 14.2 Å². The van der Waals surface area contributed by atoms with Crippen LogP contribution >= 0.6 is 0 Å². The number of urea groups is 1. The quantitative estimate of drug-likeness (QED) is 0.864. The van der Waals surface area contributed by atoms with Gasteiger partial charge in [0.1, 0.15) is 11.5 Å². The Kier molecular flexibility index (Phi) is 6.10. The molecule has 1 atom stereocenters. The van der Waals surface area contributed by atoms with Gasteiger partial charge in [0.05, 0.1) is 14.2 Å². The zero-order valence-corrected chi connectivity index (χ0v) is 14.5. The summed E-state index contributed by atoms with van der Waals surface area (Å²) in [6.07, 6.45) is 1.77. The number of carbonyl (C=O) groups is 1. The van der Waals surface area contributed by atoms with Crippen molar-refractivity contribution >= 4 is 6.03 Å². The molecule has 1 saturated heterocycles. The van der Waals surface area contributed by atoms with Crippen molar-refractivity contribution in [1.29, 1.82) is 0 Å². The van der Waals surface area contributed by atoms with Gasteiger partial charge < -0.3 is 24.6 Å². The molecule has 0 saturated carbocycles. The largest absolute Gasteiger partial charge is 0.497 e. The number of carbonyl (C=O) groups excluding carboxylic acids is 1. The number of methoxy groups -OCH3 is 2. The van der Waals surface area contributed by atoms with Gasteiger partial charge in [-0.25, -0.2) is 4.79 Å². The number of hydrogen-bond donors (Lipinski definition) is 1. The molecule has 2 rings (SSSR count). The molecule has 1 aromatic rings. The fourth-order valence-corrected chi connectivity index (χ4v) is 2.84. The molecule has 0 aromatic heterocycles. The molecular formula is C17H27N3O3. The molecule has 0 unspecified atom stereocenters. The monoisotopic (exact) mass is 321 g/mol. The SMILES string of the molecule is COc1cc(CCNC(=O)N(C)[C@H]2CCN(C)C2)cc(OC)c1. The third kappa shape index (κ3) is 4.76. The van der Waals surface area contributed by atoms with E-state index in [4.69, 9.17) is 9.47 Å².